The number of carbonyl (C=O) groups is 2. The lowest BCUT2D eigenvalue weighted by molar-refractivity contribution is -0.145. The summed E-state index contributed by atoms with van der Waals surface area (Å²) in [6.07, 6.45) is -1.56. The van der Waals surface area contributed by atoms with Crippen LogP contribution in [0.15, 0.2) is 30.3 Å². The van der Waals surface area contributed by atoms with E-state index in [0.717, 1.165) is 4.90 Å². The molecule has 8 nitrogen and oxygen atoms in total. The van der Waals surface area contributed by atoms with E-state index in [1.54, 1.807) is 51.1 Å². The Balaban J connectivity index is 2.10. The number of amides is 1. The molecule has 1 aromatic rings. The van der Waals surface area contributed by atoms with Crippen molar-refractivity contribution in [2.24, 2.45) is 0 Å². The maximum absolute atomic E-state index is 12.4. The van der Waals surface area contributed by atoms with Crippen molar-refractivity contribution in [3.8, 4) is 0 Å². The van der Waals surface area contributed by atoms with Crippen molar-refractivity contribution in [1.82, 2.24) is 4.90 Å². The molecule has 1 fully saturated rings. The summed E-state index contributed by atoms with van der Waals surface area (Å²) < 4.78 is 39.9. The van der Waals surface area contributed by atoms with Crippen LogP contribution in [0.4, 0.5) is 4.79 Å². The van der Waals surface area contributed by atoms with Gasteiger partial charge in [0.2, 0.25) is 0 Å². The van der Waals surface area contributed by atoms with Gasteiger partial charge in [-0.25, -0.2) is 9.59 Å². The lowest BCUT2D eigenvalue weighted by Gasteiger charge is -2.27. The lowest BCUT2D eigenvalue weighted by atomic mass is 10.2. The first-order valence-corrected chi connectivity index (χ1v) is 10.1. The smallest absolute Gasteiger partial charge is 0.411 e. The first-order chi connectivity index (χ1) is 12.5. The van der Waals surface area contributed by atoms with Gasteiger partial charge in [-0.2, -0.15) is 8.42 Å². The van der Waals surface area contributed by atoms with Crippen LogP contribution in [0.25, 0.3) is 0 Å². The maximum Gasteiger partial charge on any atom is 0.411 e. The standard InChI is InChI=1S/C18H25NO7S/c1-18(2,3)25-17(21)19-11-14(10-15(19)16(20)24-4)26-27(22,23)12-13-8-6-5-7-9-13/h5-9,14-15H,10-12H2,1-4H3/t14-,15?/m1/s1. The molecular weight excluding hydrogens is 374 g/mol. The summed E-state index contributed by atoms with van der Waals surface area (Å²) in [6, 6.07) is 7.66. The van der Waals surface area contributed by atoms with Crippen molar-refractivity contribution in [3.63, 3.8) is 0 Å². The zero-order valence-corrected chi connectivity index (χ0v) is 16.7. The minimum absolute atomic E-state index is 0.0138. The van der Waals surface area contributed by atoms with Gasteiger partial charge in [-0.05, 0) is 26.3 Å². The van der Waals surface area contributed by atoms with Gasteiger partial charge in [-0.1, -0.05) is 30.3 Å². The first kappa shape index (κ1) is 21.2. The number of likely N-dealkylation sites (tertiary alicyclic amines) is 1. The van der Waals surface area contributed by atoms with Gasteiger partial charge in [0.05, 0.1) is 19.8 Å². The first-order valence-electron chi connectivity index (χ1n) is 8.53. The quantitative estimate of drug-likeness (QED) is 0.552. The number of nitrogens with zero attached hydrogens (tertiary/aromatic N) is 1. The third-order valence-electron chi connectivity index (χ3n) is 3.83. The monoisotopic (exact) mass is 399 g/mol. The van der Waals surface area contributed by atoms with Crippen molar-refractivity contribution in [2.45, 2.75) is 50.7 Å². The van der Waals surface area contributed by atoms with Crippen LogP contribution in [0.5, 0.6) is 0 Å². The van der Waals surface area contributed by atoms with E-state index in [2.05, 4.69) is 0 Å². The summed E-state index contributed by atoms with van der Waals surface area (Å²) in [5, 5.41) is 0. The van der Waals surface area contributed by atoms with Crippen LogP contribution < -0.4 is 0 Å². The molecule has 0 radical (unpaired) electrons. The molecule has 0 aromatic heterocycles. The Hall–Kier alpha value is -2.13. The Morgan fingerprint density at radius 2 is 1.81 bits per heavy atom. The number of methoxy groups -OCH3 is 1. The molecule has 2 atom stereocenters. The SMILES string of the molecule is COC(=O)C1C[C@@H](OS(=O)(=O)Cc2ccccc2)CN1C(=O)OC(C)(C)C. The Labute approximate surface area is 159 Å². The van der Waals surface area contributed by atoms with Gasteiger partial charge in [0, 0.05) is 6.42 Å². The summed E-state index contributed by atoms with van der Waals surface area (Å²) >= 11 is 0. The molecule has 9 heteroatoms. The maximum atomic E-state index is 12.4. The van der Waals surface area contributed by atoms with E-state index in [0.29, 0.717) is 5.56 Å². The number of benzene rings is 1. The van der Waals surface area contributed by atoms with E-state index in [4.69, 9.17) is 13.7 Å². The highest BCUT2D eigenvalue weighted by Crippen LogP contribution is 2.26. The van der Waals surface area contributed by atoms with Crippen LogP contribution in [0, 0.1) is 0 Å². The number of hydrogen-bond acceptors (Lipinski definition) is 7. The minimum atomic E-state index is -3.89. The van der Waals surface area contributed by atoms with E-state index in [1.165, 1.54) is 7.11 Å². The summed E-state index contributed by atoms with van der Waals surface area (Å²) in [6.45, 7) is 5.02. The molecule has 0 bridgehead atoms. The molecule has 1 aromatic carbocycles. The van der Waals surface area contributed by atoms with E-state index >= 15 is 0 Å². The molecule has 27 heavy (non-hydrogen) atoms. The molecule has 1 saturated heterocycles. The van der Waals surface area contributed by atoms with Gasteiger partial charge in [-0.3, -0.25) is 9.08 Å². The number of hydrogen-bond donors (Lipinski definition) is 0. The topological polar surface area (TPSA) is 99.2 Å². The fourth-order valence-electron chi connectivity index (χ4n) is 2.77. The summed E-state index contributed by atoms with van der Waals surface area (Å²) in [7, 11) is -2.68. The molecule has 0 spiro atoms. The zero-order chi connectivity index (χ0) is 20.2. The largest absolute Gasteiger partial charge is 0.467 e. The third kappa shape index (κ3) is 6.21. The van der Waals surface area contributed by atoms with Crippen LogP contribution in [-0.4, -0.2) is 56.8 Å². The predicted octanol–water partition coefficient (Wildman–Crippen LogP) is 2.08. The number of carbonyl (C=O) groups excluding carboxylic acids is 2. The molecule has 1 unspecified atom stereocenters. The van der Waals surface area contributed by atoms with Crippen LogP contribution in [0.1, 0.15) is 32.8 Å². The van der Waals surface area contributed by atoms with Crippen molar-refractivity contribution in [1.29, 1.82) is 0 Å². The van der Waals surface area contributed by atoms with E-state index in [9.17, 15) is 18.0 Å². The predicted molar refractivity (Wildman–Crippen MR) is 97.3 cm³/mol. The average molecular weight is 399 g/mol. The summed E-state index contributed by atoms with van der Waals surface area (Å²) in [4.78, 5) is 25.6. The molecule has 1 aliphatic heterocycles. The summed E-state index contributed by atoms with van der Waals surface area (Å²) in [5.41, 5.74) is -0.167. The van der Waals surface area contributed by atoms with E-state index in [-0.39, 0.29) is 18.7 Å². The Morgan fingerprint density at radius 1 is 1.19 bits per heavy atom. The van der Waals surface area contributed by atoms with Crippen molar-refractivity contribution in [2.75, 3.05) is 13.7 Å². The molecule has 1 amide bonds. The van der Waals surface area contributed by atoms with Crippen molar-refractivity contribution in [3.05, 3.63) is 35.9 Å². The van der Waals surface area contributed by atoms with Gasteiger partial charge in [0.25, 0.3) is 10.1 Å². The molecule has 1 heterocycles. The van der Waals surface area contributed by atoms with Gasteiger partial charge in [0.1, 0.15) is 17.4 Å². The van der Waals surface area contributed by atoms with E-state index in [1.807, 2.05) is 0 Å². The van der Waals surface area contributed by atoms with Crippen LogP contribution >= 0.6 is 0 Å². The molecule has 2 rings (SSSR count). The average Bonchev–Trinajstić information content (AvgIpc) is 2.96. The molecule has 0 aliphatic carbocycles. The molecule has 1 aliphatic rings. The van der Waals surface area contributed by atoms with Gasteiger partial charge in [0.15, 0.2) is 0 Å². The van der Waals surface area contributed by atoms with Crippen LogP contribution in [0.3, 0.4) is 0 Å². The highest BCUT2D eigenvalue weighted by molar-refractivity contribution is 7.85. The van der Waals surface area contributed by atoms with Gasteiger partial charge in [-0.15, -0.1) is 0 Å². The van der Waals surface area contributed by atoms with Crippen molar-refractivity contribution < 1.29 is 31.7 Å². The molecule has 0 N–H and O–H groups in total. The van der Waals surface area contributed by atoms with Crippen LogP contribution in [-0.2, 0) is 34.3 Å². The Morgan fingerprint density at radius 3 is 2.37 bits per heavy atom. The number of esters is 1. The van der Waals surface area contributed by atoms with Crippen molar-refractivity contribution >= 4 is 22.2 Å². The third-order valence-corrected chi connectivity index (χ3v) is 5.09. The second-order valence-corrected chi connectivity index (χ2v) is 8.91. The van der Waals surface area contributed by atoms with Crippen LogP contribution in [0.2, 0.25) is 0 Å². The highest BCUT2D eigenvalue weighted by Gasteiger charge is 2.44. The number of ether oxygens (including phenoxy) is 2. The Kier molecular flexibility index (Phi) is 6.48. The number of rotatable bonds is 5. The second kappa shape index (κ2) is 8.26. The van der Waals surface area contributed by atoms with E-state index < -0.39 is 39.9 Å². The molecular formula is C18H25NO7S. The second-order valence-electron chi connectivity index (χ2n) is 7.31. The normalized spacial score (nSPS) is 20.4. The fourth-order valence-corrected chi connectivity index (χ4v) is 3.99. The zero-order valence-electron chi connectivity index (χ0n) is 15.9. The minimum Gasteiger partial charge on any atom is -0.467 e. The van der Waals surface area contributed by atoms with Gasteiger partial charge >= 0.3 is 12.1 Å². The lowest BCUT2D eigenvalue weighted by Crippen LogP contribution is -2.44. The fraction of sp³-hybridized carbons (Fsp3) is 0.556. The molecule has 150 valence electrons. The molecule has 0 saturated carbocycles. The highest BCUT2D eigenvalue weighted by atomic mass is 32.2. The summed E-state index contributed by atoms with van der Waals surface area (Å²) in [5.74, 6) is -0.938. The Bertz CT molecular complexity index is 771. The van der Waals surface area contributed by atoms with Gasteiger partial charge < -0.3 is 9.47 Å².